The molecular formula is C25H43N3O. The normalized spacial score (nSPS) is 21.0. The van der Waals surface area contributed by atoms with Gasteiger partial charge in [0.15, 0.2) is 0 Å². The Labute approximate surface area is 179 Å². The van der Waals surface area contributed by atoms with Crippen LogP contribution in [-0.2, 0) is 11.2 Å². The van der Waals surface area contributed by atoms with Gasteiger partial charge in [0.1, 0.15) is 0 Å². The van der Waals surface area contributed by atoms with Crippen LogP contribution in [0.5, 0.6) is 0 Å². The molecule has 1 heterocycles. The van der Waals surface area contributed by atoms with Crippen LogP contribution in [0.25, 0.3) is 0 Å². The van der Waals surface area contributed by atoms with E-state index < -0.39 is 0 Å². The Bertz CT molecular complexity index is 564. The van der Waals surface area contributed by atoms with E-state index in [1.165, 1.54) is 31.2 Å². The van der Waals surface area contributed by atoms with Gasteiger partial charge in [-0.05, 0) is 70.3 Å². The number of nitrogens with one attached hydrogen (secondary N) is 1. The van der Waals surface area contributed by atoms with Gasteiger partial charge in [0.05, 0.1) is 0 Å². The first kappa shape index (κ1) is 23.9. The Balaban J connectivity index is 1.80. The maximum atomic E-state index is 11.4. The molecule has 4 unspecified atom stereocenters. The Morgan fingerprint density at radius 3 is 2.62 bits per heavy atom. The molecule has 29 heavy (non-hydrogen) atoms. The van der Waals surface area contributed by atoms with Gasteiger partial charge in [0.2, 0.25) is 6.41 Å². The van der Waals surface area contributed by atoms with Gasteiger partial charge in [0, 0.05) is 31.2 Å². The molecule has 1 aromatic carbocycles. The minimum absolute atomic E-state index is 0.342. The fraction of sp³-hybridized carbons (Fsp3) is 0.720. The van der Waals surface area contributed by atoms with Crippen molar-refractivity contribution in [2.75, 3.05) is 13.1 Å². The van der Waals surface area contributed by atoms with Crippen molar-refractivity contribution < 1.29 is 4.79 Å². The van der Waals surface area contributed by atoms with E-state index in [4.69, 9.17) is 0 Å². The molecule has 0 saturated carbocycles. The van der Waals surface area contributed by atoms with Crippen molar-refractivity contribution in [1.29, 1.82) is 0 Å². The number of carbonyl (C=O) groups excluding carboxylic acids is 1. The molecule has 1 N–H and O–H groups in total. The standard InChI is InChI=1S/C25H43N3O/c1-5-11-21(2)25(17-16-24-14-7-6-8-15-24)26-22(3)12-9-18-27-19-10-13-23(4)28(27)20-29/h6-8,14-15,20-23,25-26H,5,9-13,16-19H2,1-4H3. The minimum Gasteiger partial charge on any atom is -0.311 e. The summed E-state index contributed by atoms with van der Waals surface area (Å²) in [5.41, 5.74) is 1.43. The summed E-state index contributed by atoms with van der Waals surface area (Å²) in [6, 6.07) is 12.3. The van der Waals surface area contributed by atoms with Crippen LogP contribution in [0, 0.1) is 5.92 Å². The zero-order valence-corrected chi connectivity index (χ0v) is 19.1. The lowest BCUT2D eigenvalue weighted by Gasteiger charge is -2.40. The summed E-state index contributed by atoms with van der Waals surface area (Å²) in [4.78, 5) is 11.4. The first-order valence-electron chi connectivity index (χ1n) is 11.8. The molecule has 1 aliphatic heterocycles. The molecule has 2 rings (SSSR count). The van der Waals surface area contributed by atoms with E-state index in [0.717, 1.165) is 45.2 Å². The Morgan fingerprint density at radius 2 is 1.93 bits per heavy atom. The summed E-state index contributed by atoms with van der Waals surface area (Å²) < 4.78 is 0. The molecule has 4 nitrogen and oxygen atoms in total. The molecule has 0 aromatic heterocycles. The first-order chi connectivity index (χ1) is 14.0. The maximum absolute atomic E-state index is 11.4. The molecular weight excluding hydrogens is 358 g/mol. The lowest BCUT2D eigenvalue weighted by molar-refractivity contribution is -0.145. The van der Waals surface area contributed by atoms with Crippen LogP contribution >= 0.6 is 0 Å². The number of hydrogen-bond donors (Lipinski definition) is 1. The lowest BCUT2D eigenvalue weighted by Crippen LogP contribution is -2.51. The van der Waals surface area contributed by atoms with Gasteiger partial charge in [-0.1, -0.05) is 50.6 Å². The highest BCUT2D eigenvalue weighted by Gasteiger charge is 2.24. The number of hydrogen-bond acceptors (Lipinski definition) is 3. The predicted octanol–water partition coefficient (Wildman–Crippen LogP) is 5.04. The van der Waals surface area contributed by atoms with Crippen molar-refractivity contribution in [2.45, 2.75) is 97.2 Å². The number of amides is 1. The van der Waals surface area contributed by atoms with Gasteiger partial charge in [-0.3, -0.25) is 9.80 Å². The zero-order valence-electron chi connectivity index (χ0n) is 19.1. The molecule has 0 aliphatic carbocycles. The Hall–Kier alpha value is -1.39. The van der Waals surface area contributed by atoms with Crippen molar-refractivity contribution in [3.8, 4) is 0 Å². The first-order valence-corrected chi connectivity index (χ1v) is 11.8. The number of hydrazine groups is 1. The molecule has 1 fully saturated rings. The third kappa shape index (κ3) is 8.10. The minimum atomic E-state index is 0.342. The smallest absolute Gasteiger partial charge is 0.224 e. The second-order valence-electron chi connectivity index (χ2n) is 9.04. The number of rotatable bonds is 13. The van der Waals surface area contributed by atoms with Crippen molar-refractivity contribution in [2.24, 2.45) is 5.92 Å². The number of aryl methyl sites for hydroxylation is 1. The molecule has 0 bridgehead atoms. The van der Waals surface area contributed by atoms with Gasteiger partial charge in [0.25, 0.3) is 0 Å². The topological polar surface area (TPSA) is 35.6 Å². The van der Waals surface area contributed by atoms with Crippen molar-refractivity contribution in [3.63, 3.8) is 0 Å². The van der Waals surface area contributed by atoms with Crippen LogP contribution in [0.1, 0.15) is 78.2 Å². The van der Waals surface area contributed by atoms with Gasteiger partial charge in [-0.15, -0.1) is 0 Å². The van der Waals surface area contributed by atoms with E-state index in [-0.39, 0.29) is 0 Å². The largest absolute Gasteiger partial charge is 0.311 e. The molecule has 0 radical (unpaired) electrons. The van der Waals surface area contributed by atoms with Crippen LogP contribution in [-0.4, -0.2) is 47.6 Å². The monoisotopic (exact) mass is 401 g/mol. The summed E-state index contributed by atoms with van der Waals surface area (Å²) in [7, 11) is 0. The Kier molecular flexibility index (Phi) is 10.7. The van der Waals surface area contributed by atoms with Crippen molar-refractivity contribution in [3.05, 3.63) is 35.9 Å². The van der Waals surface area contributed by atoms with E-state index in [1.807, 2.05) is 5.01 Å². The van der Waals surface area contributed by atoms with Crippen LogP contribution < -0.4 is 5.32 Å². The summed E-state index contributed by atoms with van der Waals surface area (Å²) in [5.74, 6) is 0.694. The molecule has 164 valence electrons. The quantitative estimate of drug-likeness (QED) is 0.470. The number of benzene rings is 1. The van der Waals surface area contributed by atoms with Gasteiger partial charge >= 0.3 is 0 Å². The molecule has 1 aliphatic rings. The van der Waals surface area contributed by atoms with E-state index in [9.17, 15) is 4.79 Å². The highest BCUT2D eigenvalue weighted by molar-refractivity contribution is 5.47. The summed E-state index contributed by atoms with van der Waals surface area (Å²) in [6.07, 6.45) is 10.4. The molecule has 4 atom stereocenters. The zero-order chi connectivity index (χ0) is 21.1. The SMILES string of the molecule is CCCC(C)C(CCc1ccccc1)NC(C)CCCN1CCCC(C)N1C=O. The van der Waals surface area contributed by atoms with Gasteiger partial charge < -0.3 is 5.32 Å². The predicted molar refractivity (Wildman–Crippen MR) is 123 cm³/mol. The second kappa shape index (κ2) is 13.0. The summed E-state index contributed by atoms with van der Waals surface area (Å²) in [6.45, 7) is 11.1. The third-order valence-electron chi connectivity index (χ3n) is 6.49. The summed E-state index contributed by atoms with van der Waals surface area (Å²) in [5, 5.41) is 8.10. The molecule has 4 heteroatoms. The number of nitrogens with zero attached hydrogens (tertiary/aromatic N) is 2. The van der Waals surface area contributed by atoms with Gasteiger partial charge in [-0.25, -0.2) is 5.01 Å². The number of carbonyl (C=O) groups is 1. The highest BCUT2D eigenvalue weighted by atomic mass is 16.1. The fourth-order valence-corrected chi connectivity index (χ4v) is 4.68. The molecule has 1 aromatic rings. The van der Waals surface area contributed by atoms with Crippen molar-refractivity contribution in [1.82, 2.24) is 15.3 Å². The van der Waals surface area contributed by atoms with Crippen LogP contribution in [0.4, 0.5) is 0 Å². The van der Waals surface area contributed by atoms with Crippen LogP contribution in [0.2, 0.25) is 0 Å². The molecule has 1 amide bonds. The average Bonchev–Trinajstić information content (AvgIpc) is 2.72. The fourth-order valence-electron chi connectivity index (χ4n) is 4.68. The molecule has 0 spiro atoms. The summed E-state index contributed by atoms with van der Waals surface area (Å²) >= 11 is 0. The van der Waals surface area contributed by atoms with E-state index in [2.05, 4.69) is 68.4 Å². The van der Waals surface area contributed by atoms with E-state index >= 15 is 0 Å². The van der Waals surface area contributed by atoms with Crippen LogP contribution in [0.3, 0.4) is 0 Å². The van der Waals surface area contributed by atoms with Gasteiger partial charge in [-0.2, -0.15) is 0 Å². The average molecular weight is 402 g/mol. The highest BCUT2D eigenvalue weighted by Crippen LogP contribution is 2.19. The maximum Gasteiger partial charge on any atom is 0.224 e. The van der Waals surface area contributed by atoms with E-state index in [0.29, 0.717) is 24.0 Å². The molecule has 1 saturated heterocycles. The second-order valence-corrected chi connectivity index (χ2v) is 9.04. The Morgan fingerprint density at radius 1 is 1.17 bits per heavy atom. The lowest BCUT2D eigenvalue weighted by atomic mass is 9.91. The van der Waals surface area contributed by atoms with E-state index in [1.54, 1.807) is 0 Å². The van der Waals surface area contributed by atoms with Crippen LogP contribution in [0.15, 0.2) is 30.3 Å². The van der Waals surface area contributed by atoms with Crippen molar-refractivity contribution >= 4 is 6.41 Å². The third-order valence-corrected chi connectivity index (χ3v) is 6.49.